The van der Waals surface area contributed by atoms with Crippen LogP contribution in [0.25, 0.3) is 11.3 Å². The fourth-order valence-electron chi connectivity index (χ4n) is 1.96. The summed E-state index contributed by atoms with van der Waals surface area (Å²) in [6.45, 7) is -0.279. The van der Waals surface area contributed by atoms with E-state index in [1.165, 1.54) is 30.5 Å². The third-order valence-corrected chi connectivity index (χ3v) is 3.16. The number of hydrogen-bond acceptors (Lipinski definition) is 4. The van der Waals surface area contributed by atoms with Crippen molar-refractivity contribution in [3.8, 4) is 11.3 Å². The van der Waals surface area contributed by atoms with Crippen molar-refractivity contribution in [1.82, 2.24) is 4.98 Å². The Morgan fingerprint density at radius 2 is 1.79 bits per heavy atom. The number of carbonyl (C=O) groups is 1. The first-order chi connectivity index (χ1) is 11.5. The lowest BCUT2D eigenvalue weighted by atomic mass is 10.2. The molecular formula is C17H10F3NO3. The number of esters is 1. The first kappa shape index (κ1) is 15.8. The van der Waals surface area contributed by atoms with E-state index in [0.29, 0.717) is 11.3 Å². The molecule has 7 heteroatoms. The van der Waals surface area contributed by atoms with E-state index in [0.717, 1.165) is 18.2 Å². The smallest absolute Gasteiger partial charge is 0.338 e. The molecule has 0 aliphatic rings. The van der Waals surface area contributed by atoms with E-state index in [1.54, 1.807) is 0 Å². The predicted octanol–water partition coefficient (Wildman–Crippen LogP) is 4.12. The zero-order valence-corrected chi connectivity index (χ0v) is 12.1. The van der Waals surface area contributed by atoms with Gasteiger partial charge in [0.1, 0.15) is 5.82 Å². The second-order valence-corrected chi connectivity index (χ2v) is 4.83. The van der Waals surface area contributed by atoms with Crippen LogP contribution in [0.5, 0.6) is 0 Å². The van der Waals surface area contributed by atoms with Gasteiger partial charge in [-0.3, -0.25) is 0 Å². The highest BCUT2D eigenvalue weighted by Crippen LogP contribution is 2.21. The van der Waals surface area contributed by atoms with Crippen LogP contribution in [0.3, 0.4) is 0 Å². The van der Waals surface area contributed by atoms with Crippen LogP contribution in [0.15, 0.2) is 53.1 Å². The van der Waals surface area contributed by atoms with Crippen molar-refractivity contribution in [2.45, 2.75) is 6.61 Å². The molecule has 2 aromatic carbocycles. The number of nitrogens with zero attached hydrogens (tertiary/aromatic N) is 1. The predicted molar refractivity (Wildman–Crippen MR) is 77.4 cm³/mol. The number of aromatic nitrogens is 1. The molecule has 0 unspecified atom stereocenters. The minimum Gasteiger partial charge on any atom is -0.452 e. The number of rotatable bonds is 4. The number of benzene rings is 2. The Balaban J connectivity index is 1.65. The molecule has 1 heterocycles. The normalized spacial score (nSPS) is 10.6. The van der Waals surface area contributed by atoms with Gasteiger partial charge in [-0.2, -0.15) is 0 Å². The van der Waals surface area contributed by atoms with Gasteiger partial charge in [0.15, 0.2) is 24.0 Å². The summed E-state index contributed by atoms with van der Waals surface area (Å²) in [6, 6.07) is 8.29. The lowest BCUT2D eigenvalue weighted by Crippen LogP contribution is -2.06. The largest absolute Gasteiger partial charge is 0.452 e. The molecule has 0 saturated heterocycles. The lowest BCUT2D eigenvalue weighted by Gasteiger charge is -2.03. The minimum atomic E-state index is -1.14. The molecule has 0 N–H and O–H groups in total. The molecule has 3 rings (SSSR count). The number of ether oxygens (including phenoxy) is 1. The Bertz CT molecular complexity index is 875. The summed E-state index contributed by atoms with van der Waals surface area (Å²) in [5, 5.41) is 0. The molecule has 1 aromatic heterocycles. The van der Waals surface area contributed by atoms with E-state index >= 15 is 0 Å². The Hall–Kier alpha value is -3.09. The lowest BCUT2D eigenvalue weighted by molar-refractivity contribution is 0.0438. The summed E-state index contributed by atoms with van der Waals surface area (Å²) in [5.74, 6) is -2.91. The molecule has 122 valence electrons. The molecule has 0 atom stereocenters. The molecular weight excluding hydrogens is 323 g/mol. The number of oxazole rings is 1. The van der Waals surface area contributed by atoms with Gasteiger partial charge in [0, 0.05) is 5.56 Å². The van der Waals surface area contributed by atoms with Gasteiger partial charge in [0.05, 0.1) is 11.8 Å². The second-order valence-electron chi connectivity index (χ2n) is 4.83. The summed E-state index contributed by atoms with van der Waals surface area (Å²) in [4.78, 5) is 15.7. The minimum absolute atomic E-state index is 0.116. The molecule has 0 fully saturated rings. The Kier molecular flexibility index (Phi) is 4.33. The van der Waals surface area contributed by atoms with E-state index in [2.05, 4.69) is 4.98 Å². The van der Waals surface area contributed by atoms with Crippen LogP contribution in [0.2, 0.25) is 0 Å². The molecule has 0 aliphatic heterocycles. The van der Waals surface area contributed by atoms with Gasteiger partial charge in [-0.15, -0.1) is 0 Å². The summed E-state index contributed by atoms with van der Waals surface area (Å²) < 4.78 is 49.1. The van der Waals surface area contributed by atoms with Crippen LogP contribution in [-0.2, 0) is 11.3 Å². The fourth-order valence-corrected chi connectivity index (χ4v) is 1.96. The SMILES string of the molecule is O=C(OCc1ncc(-c2ccc(F)cc2)o1)c1ccc(F)c(F)c1. The van der Waals surface area contributed by atoms with E-state index in [9.17, 15) is 18.0 Å². The maximum Gasteiger partial charge on any atom is 0.338 e. The van der Waals surface area contributed by atoms with Gasteiger partial charge in [0.2, 0.25) is 5.89 Å². The first-order valence-corrected chi connectivity index (χ1v) is 6.86. The maximum atomic E-state index is 13.1. The summed E-state index contributed by atoms with van der Waals surface area (Å²) in [5.41, 5.74) is 0.487. The zero-order valence-electron chi connectivity index (χ0n) is 12.1. The number of hydrogen-bond donors (Lipinski definition) is 0. The average molecular weight is 333 g/mol. The average Bonchev–Trinajstić information content (AvgIpc) is 3.05. The van der Waals surface area contributed by atoms with Gasteiger partial charge in [-0.05, 0) is 42.5 Å². The Morgan fingerprint density at radius 3 is 2.50 bits per heavy atom. The van der Waals surface area contributed by atoms with Crippen molar-refractivity contribution < 1.29 is 27.1 Å². The molecule has 0 radical (unpaired) electrons. The standard InChI is InChI=1S/C17H10F3NO3/c18-12-4-1-10(2-5-12)15-8-21-16(24-15)9-23-17(22)11-3-6-13(19)14(20)7-11/h1-8H,9H2. The Labute approximate surface area is 134 Å². The van der Waals surface area contributed by atoms with Crippen molar-refractivity contribution >= 4 is 5.97 Å². The highest BCUT2D eigenvalue weighted by Gasteiger charge is 2.13. The van der Waals surface area contributed by atoms with Crippen LogP contribution in [0.4, 0.5) is 13.2 Å². The van der Waals surface area contributed by atoms with Crippen LogP contribution in [0.1, 0.15) is 16.2 Å². The van der Waals surface area contributed by atoms with Crippen molar-refractivity contribution in [3.63, 3.8) is 0 Å². The van der Waals surface area contributed by atoms with Crippen molar-refractivity contribution in [2.75, 3.05) is 0 Å². The quantitative estimate of drug-likeness (QED) is 0.674. The molecule has 0 spiro atoms. The van der Waals surface area contributed by atoms with E-state index < -0.39 is 17.6 Å². The summed E-state index contributed by atoms with van der Waals surface area (Å²) in [6.07, 6.45) is 1.41. The van der Waals surface area contributed by atoms with Gasteiger partial charge in [-0.25, -0.2) is 22.9 Å². The third-order valence-electron chi connectivity index (χ3n) is 3.16. The molecule has 0 aliphatic carbocycles. The van der Waals surface area contributed by atoms with Crippen molar-refractivity contribution in [2.24, 2.45) is 0 Å². The van der Waals surface area contributed by atoms with Crippen LogP contribution < -0.4 is 0 Å². The zero-order chi connectivity index (χ0) is 17.1. The molecule has 3 aromatic rings. The molecule has 4 nitrogen and oxygen atoms in total. The van der Waals surface area contributed by atoms with Crippen LogP contribution in [-0.4, -0.2) is 11.0 Å². The summed E-state index contributed by atoms with van der Waals surface area (Å²) in [7, 11) is 0. The molecule has 0 bridgehead atoms. The van der Waals surface area contributed by atoms with Gasteiger partial charge < -0.3 is 9.15 Å². The van der Waals surface area contributed by atoms with Gasteiger partial charge in [-0.1, -0.05) is 0 Å². The molecule has 24 heavy (non-hydrogen) atoms. The Morgan fingerprint density at radius 1 is 1.04 bits per heavy atom. The third kappa shape index (κ3) is 3.45. The highest BCUT2D eigenvalue weighted by atomic mass is 19.2. The first-order valence-electron chi connectivity index (χ1n) is 6.86. The topological polar surface area (TPSA) is 52.3 Å². The van der Waals surface area contributed by atoms with E-state index in [4.69, 9.17) is 9.15 Å². The van der Waals surface area contributed by atoms with E-state index in [1.807, 2.05) is 0 Å². The molecule has 0 amide bonds. The number of halogens is 3. The number of carbonyl (C=O) groups excluding carboxylic acids is 1. The molecule has 0 saturated carbocycles. The monoisotopic (exact) mass is 333 g/mol. The maximum absolute atomic E-state index is 13.1. The van der Waals surface area contributed by atoms with E-state index in [-0.39, 0.29) is 23.9 Å². The van der Waals surface area contributed by atoms with Gasteiger partial charge >= 0.3 is 5.97 Å². The van der Waals surface area contributed by atoms with Crippen LogP contribution >= 0.6 is 0 Å². The fraction of sp³-hybridized carbons (Fsp3) is 0.0588. The highest BCUT2D eigenvalue weighted by molar-refractivity contribution is 5.89. The van der Waals surface area contributed by atoms with Crippen LogP contribution in [0, 0.1) is 17.5 Å². The van der Waals surface area contributed by atoms with Crippen molar-refractivity contribution in [1.29, 1.82) is 0 Å². The van der Waals surface area contributed by atoms with Crippen molar-refractivity contribution in [3.05, 3.63) is 77.6 Å². The van der Waals surface area contributed by atoms with Gasteiger partial charge in [0.25, 0.3) is 0 Å². The second kappa shape index (κ2) is 6.57. The summed E-state index contributed by atoms with van der Waals surface area (Å²) >= 11 is 0.